The maximum Gasteiger partial charge on any atom is 0.131 e. The molecule has 0 spiro atoms. The highest BCUT2D eigenvalue weighted by molar-refractivity contribution is 6.29. The Labute approximate surface area is 86.4 Å². The molecule has 0 aromatic carbocycles. The fourth-order valence-electron chi connectivity index (χ4n) is 1.07. The molecular weight excluding hydrogens is 200 g/mol. The molecular formula is C9H9ClN4. The molecule has 0 saturated heterocycles. The minimum absolute atomic E-state index is 0.486. The highest BCUT2D eigenvalue weighted by Crippen LogP contribution is 2.09. The zero-order chi connectivity index (χ0) is 9.80. The van der Waals surface area contributed by atoms with E-state index in [2.05, 4.69) is 20.3 Å². The first-order valence-electron chi connectivity index (χ1n) is 4.18. The van der Waals surface area contributed by atoms with Gasteiger partial charge >= 0.3 is 0 Å². The van der Waals surface area contributed by atoms with Crippen LogP contribution in [0.25, 0.3) is 0 Å². The molecule has 14 heavy (non-hydrogen) atoms. The Morgan fingerprint density at radius 3 is 3.07 bits per heavy atom. The average Bonchev–Trinajstić information content (AvgIpc) is 2.67. The molecule has 2 aromatic heterocycles. The van der Waals surface area contributed by atoms with Gasteiger partial charge in [0.15, 0.2) is 0 Å². The molecule has 0 atom stereocenters. The Morgan fingerprint density at radius 1 is 1.43 bits per heavy atom. The summed E-state index contributed by atoms with van der Waals surface area (Å²) in [6.45, 7) is 0.660. The van der Waals surface area contributed by atoms with Gasteiger partial charge in [-0.1, -0.05) is 17.7 Å². The lowest BCUT2D eigenvalue weighted by atomic mass is 10.4. The molecule has 0 amide bonds. The van der Waals surface area contributed by atoms with Crippen LogP contribution in [0, 0.1) is 0 Å². The molecule has 0 aliphatic carbocycles. The van der Waals surface area contributed by atoms with E-state index in [4.69, 9.17) is 11.6 Å². The third kappa shape index (κ3) is 2.23. The Kier molecular flexibility index (Phi) is 2.65. The van der Waals surface area contributed by atoms with E-state index in [9.17, 15) is 0 Å². The van der Waals surface area contributed by atoms with Gasteiger partial charge in [0, 0.05) is 6.20 Å². The largest absolute Gasteiger partial charge is 0.364 e. The van der Waals surface area contributed by atoms with E-state index in [1.807, 2.05) is 12.1 Å². The highest BCUT2D eigenvalue weighted by atomic mass is 35.5. The SMILES string of the molecule is Clc1cccc(NCc2cnc[nH]2)n1. The quantitative estimate of drug-likeness (QED) is 0.760. The molecule has 2 N–H and O–H groups in total. The molecule has 0 unspecified atom stereocenters. The van der Waals surface area contributed by atoms with Crippen LogP contribution in [-0.2, 0) is 6.54 Å². The molecule has 4 nitrogen and oxygen atoms in total. The molecule has 0 bridgehead atoms. The number of H-pyrrole nitrogens is 1. The summed E-state index contributed by atoms with van der Waals surface area (Å²) in [5.74, 6) is 0.757. The minimum atomic E-state index is 0.486. The number of imidazole rings is 1. The van der Waals surface area contributed by atoms with Crippen LogP contribution in [0.1, 0.15) is 5.69 Å². The van der Waals surface area contributed by atoms with E-state index in [1.165, 1.54) is 0 Å². The van der Waals surface area contributed by atoms with Crippen molar-refractivity contribution in [3.63, 3.8) is 0 Å². The molecule has 2 aromatic rings. The van der Waals surface area contributed by atoms with Crippen molar-refractivity contribution < 1.29 is 0 Å². The lowest BCUT2D eigenvalue weighted by Crippen LogP contribution is -2.01. The van der Waals surface area contributed by atoms with Gasteiger partial charge in [-0.15, -0.1) is 0 Å². The second-order valence-corrected chi connectivity index (χ2v) is 3.16. The van der Waals surface area contributed by atoms with Crippen LogP contribution in [0.2, 0.25) is 5.15 Å². The zero-order valence-corrected chi connectivity index (χ0v) is 8.12. The van der Waals surface area contributed by atoms with Crippen molar-refractivity contribution in [1.82, 2.24) is 15.0 Å². The molecule has 2 rings (SSSR count). The summed E-state index contributed by atoms with van der Waals surface area (Å²) >= 11 is 5.73. The number of nitrogens with one attached hydrogen (secondary N) is 2. The number of nitrogens with zero attached hydrogens (tertiary/aromatic N) is 2. The lowest BCUT2D eigenvalue weighted by Gasteiger charge is -2.03. The summed E-state index contributed by atoms with van der Waals surface area (Å²) in [5.41, 5.74) is 1.01. The van der Waals surface area contributed by atoms with Crippen molar-refractivity contribution in [3.8, 4) is 0 Å². The molecule has 0 radical (unpaired) electrons. The second kappa shape index (κ2) is 4.11. The van der Waals surface area contributed by atoms with Gasteiger partial charge in [-0.3, -0.25) is 0 Å². The standard InChI is InChI=1S/C9H9ClN4/c10-8-2-1-3-9(14-8)12-5-7-4-11-6-13-7/h1-4,6H,5H2,(H,11,13)(H,12,14). The Bertz CT molecular complexity index is 399. The van der Waals surface area contributed by atoms with Gasteiger partial charge in [-0.2, -0.15) is 0 Å². The first kappa shape index (κ1) is 9.02. The number of hydrogen-bond acceptors (Lipinski definition) is 3. The van der Waals surface area contributed by atoms with Crippen molar-refractivity contribution in [1.29, 1.82) is 0 Å². The molecule has 72 valence electrons. The second-order valence-electron chi connectivity index (χ2n) is 2.78. The van der Waals surface area contributed by atoms with Gasteiger partial charge < -0.3 is 10.3 Å². The first-order valence-corrected chi connectivity index (χ1v) is 4.56. The summed E-state index contributed by atoms with van der Waals surface area (Å²) in [6, 6.07) is 5.45. The Balaban J connectivity index is 1.98. The van der Waals surface area contributed by atoms with Gasteiger partial charge in [-0.25, -0.2) is 9.97 Å². The molecule has 0 saturated carbocycles. The number of anilines is 1. The van der Waals surface area contributed by atoms with Crippen molar-refractivity contribution in [3.05, 3.63) is 41.6 Å². The minimum Gasteiger partial charge on any atom is -0.364 e. The van der Waals surface area contributed by atoms with Crippen molar-refractivity contribution in [2.24, 2.45) is 0 Å². The fraction of sp³-hybridized carbons (Fsp3) is 0.111. The van der Waals surface area contributed by atoms with E-state index in [1.54, 1.807) is 18.6 Å². The van der Waals surface area contributed by atoms with Crippen LogP contribution in [0.5, 0.6) is 0 Å². The number of halogens is 1. The molecule has 0 fully saturated rings. The summed E-state index contributed by atoms with van der Waals surface area (Å²) in [7, 11) is 0. The molecule has 2 heterocycles. The van der Waals surface area contributed by atoms with Crippen LogP contribution in [0.15, 0.2) is 30.7 Å². The van der Waals surface area contributed by atoms with E-state index in [0.717, 1.165) is 11.5 Å². The predicted molar refractivity (Wildman–Crippen MR) is 55.2 cm³/mol. The van der Waals surface area contributed by atoms with Gasteiger partial charge in [-0.05, 0) is 12.1 Å². The van der Waals surface area contributed by atoms with Gasteiger partial charge in [0.25, 0.3) is 0 Å². The number of aromatic amines is 1. The van der Waals surface area contributed by atoms with Gasteiger partial charge in [0.2, 0.25) is 0 Å². The summed E-state index contributed by atoms with van der Waals surface area (Å²) in [6.07, 6.45) is 3.40. The predicted octanol–water partition coefficient (Wildman–Crippen LogP) is 2.07. The van der Waals surface area contributed by atoms with Crippen molar-refractivity contribution in [2.45, 2.75) is 6.54 Å². The van der Waals surface area contributed by atoms with Crippen LogP contribution in [0.4, 0.5) is 5.82 Å². The maximum absolute atomic E-state index is 5.73. The summed E-state index contributed by atoms with van der Waals surface area (Å²) in [5, 5.41) is 3.61. The number of pyridine rings is 1. The fourth-order valence-corrected chi connectivity index (χ4v) is 1.24. The number of rotatable bonds is 3. The normalized spacial score (nSPS) is 10.1. The lowest BCUT2D eigenvalue weighted by molar-refractivity contribution is 1.05. The van der Waals surface area contributed by atoms with Gasteiger partial charge in [0.1, 0.15) is 11.0 Å². The van der Waals surface area contributed by atoms with E-state index >= 15 is 0 Å². The van der Waals surface area contributed by atoms with Crippen LogP contribution in [0.3, 0.4) is 0 Å². The van der Waals surface area contributed by atoms with E-state index < -0.39 is 0 Å². The zero-order valence-electron chi connectivity index (χ0n) is 7.37. The van der Waals surface area contributed by atoms with Crippen LogP contribution >= 0.6 is 11.6 Å². The molecule has 0 aliphatic heterocycles. The van der Waals surface area contributed by atoms with Gasteiger partial charge in [0.05, 0.1) is 18.6 Å². The first-order chi connectivity index (χ1) is 6.84. The third-order valence-electron chi connectivity index (χ3n) is 1.73. The van der Waals surface area contributed by atoms with Crippen molar-refractivity contribution in [2.75, 3.05) is 5.32 Å². The van der Waals surface area contributed by atoms with E-state index in [0.29, 0.717) is 11.7 Å². The summed E-state index contributed by atoms with van der Waals surface area (Å²) < 4.78 is 0. The Hall–Kier alpha value is -1.55. The van der Waals surface area contributed by atoms with Crippen LogP contribution < -0.4 is 5.32 Å². The van der Waals surface area contributed by atoms with Crippen molar-refractivity contribution >= 4 is 17.4 Å². The summed E-state index contributed by atoms with van der Waals surface area (Å²) in [4.78, 5) is 11.0. The molecule has 0 aliphatic rings. The highest BCUT2D eigenvalue weighted by Gasteiger charge is 1.96. The smallest absolute Gasteiger partial charge is 0.131 e. The topological polar surface area (TPSA) is 53.6 Å². The van der Waals surface area contributed by atoms with Crippen LogP contribution in [-0.4, -0.2) is 15.0 Å². The number of hydrogen-bond donors (Lipinski definition) is 2. The maximum atomic E-state index is 5.73. The third-order valence-corrected chi connectivity index (χ3v) is 1.94. The molecule has 5 heteroatoms. The Morgan fingerprint density at radius 2 is 2.36 bits per heavy atom. The van der Waals surface area contributed by atoms with E-state index in [-0.39, 0.29) is 0 Å². The monoisotopic (exact) mass is 208 g/mol. The average molecular weight is 209 g/mol. The number of aromatic nitrogens is 3.